The molecule has 1 aromatic carbocycles. The number of benzene rings is 1. The minimum absolute atomic E-state index is 0.114. The van der Waals surface area contributed by atoms with E-state index in [1.807, 2.05) is 0 Å². The van der Waals surface area contributed by atoms with Crippen molar-refractivity contribution in [2.75, 3.05) is 33.2 Å². The normalized spacial score (nSPS) is 19.4. The highest BCUT2D eigenvalue weighted by molar-refractivity contribution is 7.89. The van der Waals surface area contributed by atoms with Crippen LogP contribution in [-0.2, 0) is 14.8 Å². The van der Waals surface area contributed by atoms with Gasteiger partial charge in [-0.05, 0) is 50.3 Å². The first-order valence-electron chi connectivity index (χ1n) is 8.99. The van der Waals surface area contributed by atoms with E-state index in [0.717, 1.165) is 29.6 Å². The van der Waals surface area contributed by atoms with Gasteiger partial charge in [0.25, 0.3) is 0 Å². The van der Waals surface area contributed by atoms with Gasteiger partial charge < -0.3 is 10.2 Å². The molecule has 0 bridgehead atoms. The summed E-state index contributed by atoms with van der Waals surface area (Å²) >= 11 is 0. The monoisotopic (exact) mass is 365 g/mol. The van der Waals surface area contributed by atoms with Crippen molar-refractivity contribution in [2.45, 2.75) is 36.6 Å². The largest absolute Gasteiger partial charge is 0.341 e. The molecule has 1 aliphatic carbocycles. The molecule has 0 aromatic heterocycles. The van der Waals surface area contributed by atoms with E-state index in [9.17, 15) is 13.2 Å². The average Bonchev–Trinajstić information content (AvgIpc) is 3.45. The summed E-state index contributed by atoms with van der Waals surface area (Å²) in [4.78, 5) is 14.5. The molecule has 1 N–H and O–H groups in total. The second-order valence-corrected chi connectivity index (χ2v) is 9.13. The Morgan fingerprint density at radius 2 is 1.80 bits per heavy atom. The van der Waals surface area contributed by atoms with Gasteiger partial charge in [0.15, 0.2) is 0 Å². The topological polar surface area (TPSA) is 69.7 Å². The number of carbonyl (C=O) groups excluding carboxylic acids is 1. The smallest absolute Gasteiger partial charge is 0.243 e. The first kappa shape index (κ1) is 18.4. The van der Waals surface area contributed by atoms with E-state index in [0.29, 0.717) is 19.1 Å². The number of sulfonamides is 1. The summed E-state index contributed by atoms with van der Waals surface area (Å²) in [6.07, 6.45) is 4.56. The molecule has 0 unspecified atom stereocenters. The van der Waals surface area contributed by atoms with E-state index in [1.54, 1.807) is 35.2 Å². The Kier molecular flexibility index (Phi) is 5.76. The summed E-state index contributed by atoms with van der Waals surface area (Å²) in [6, 6.07) is 8.71. The quantitative estimate of drug-likeness (QED) is 0.791. The van der Waals surface area contributed by atoms with Crippen LogP contribution >= 0.6 is 0 Å². The molecule has 0 atom stereocenters. The van der Waals surface area contributed by atoms with Crippen molar-refractivity contribution >= 4 is 15.9 Å². The molecule has 138 valence electrons. The van der Waals surface area contributed by atoms with Crippen LogP contribution in [0.3, 0.4) is 0 Å². The SMILES string of the molecule is CN(CC(=O)N1CCC(NCC2CC2)CC1)S(=O)(=O)c1ccccc1. The zero-order valence-electron chi connectivity index (χ0n) is 14.7. The molecular formula is C18H27N3O3S. The average molecular weight is 365 g/mol. The lowest BCUT2D eigenvalue weighted by atomic mass is 10.0. The Balaban J connectivity index is 1.48. The molecule has 7 heteroatoms. The third kappa shape index (κ3) is 4.80. The van der Waals surface area contributed by atoms with Crippen molar-refractivity contribution in [1.82, 2.24) is 14.5 Å². The highest BCUT2D eigenvalue weighted by atomic mass is 32.2. The van der Waals surface area contributed by atoms with Gasteiger partial charge >= 0.3 is 0 Å². The maximum absolute atomic E-state index is 12.5. The van der Waals surface area contributed by atoms with Crippen molar-refractivity contribution in [1.29, 1.82) is 0 Å². The van der Waals surface area contributed by atoms with Crippen LogP contribution < -0.4 is 5.32 Å². The number of likely N-dealkylation sites (N-methyl/N-ethyl adjacent to an activating group) is 1. The molecule has 1 saturated heterocycles. The highest BCUT2D eigenvalue weighted by Crippen LogP contribution is 2.28. The van der Waals surface area contributed by atoms with Crippen molar-refractivity contribution in [3.63, 3.8) is 0 Å². The summed E-state index contributed by atoms with van der Waals surface area (Å²) in [6.45, 7) is 2.37. The van der Waals surface area contributed by atoms with E-state index >= 15 is 0 Å². The van der Waals surface area contributed by atoms with Gasteiger partial charge in [0.1, 0.15) is 0 Å². The Morgan fingerprint density at radius 1 is 1.16 bits per heavy atom. The van der Waals surface area contributed by atoms with E-state index in [1.165, 1.54) is 19.9 Å². The number of amides is 1. The number of nitrogens with one attached hydrogen (secondary N) is 1. The van der Waals surface area contributed by atoms with Crippen LogP contribution in [0, 0.1) is 5.92 Å². The van der Waals surface area contributed by atoms with Crippen LogP contribution in [-0.4, -0.2) is 62.8 Å². The molecule has 25 heavy (non-hydrogen) atoms. The standard InChI is InChI=1S/C18H27N3O3S/c1-20(25(23,24)17-5-3-2-4-6-17)14-18(22)21-11-9-16(10-12-21)19-13-15-7-8-15/h2-6,15-16,19H,7-14H2,1H3. The van der Waals surface area contributed by atoms with Crippen LogP contribution in [0.2, 0.25) is 0 Å². The zero-order valence-corrected chi connectivity index (χ0v) is 15.5. The van der Waals surface area contributed by atoms with Gasteiger partial charge in [-0.2, -0.15) is 4.31 Å². The lowest BCUT2D eigenvalue weighted by Gasteiger charge is -2.33. The van der Waals surface area contributed by atoms with E-state index in [4.69, 9.17) is 0 Å². The Morgan fingerprint density at radius 3 is 2.40 bits per heavy atom. The number of nitrogens with zero attached hydrogens (tertiary/aromatic N) is 2. The van der Waals surface area contributed by atoms with Gasteiger partial charge in [0, 0.05) is 26.2 Å². The molecule has 6 nitrogen and oxygen atoms in total. The van der Waals surface area contributed by atoms with Crippen molar-refractivity contribution < 1.29 is 13.2 Å². The number of piperidine rings is 1. The molecule has 2 fully saturated rings. The molecule has 1 saturated carbocycles. The third-order valence-electron chi connectivity index (χ3n) is 5.05. The van der Waals surface area contributed by atoms with Gasteiger partial charge in [-0.15, -0.1) is 0 Å². The number of rotatable bonds is 7. The van der Waals surface area contributed by atoms with Gasteiger partial charge in [-0.1, -0.05) is 18.2 Å². The molecule has 1 heterocycles. The van der Waals surface area contributed by atoms with Gasteiger partial charge in [-0.3, -0.25) is 4.79 Å². The maximum atomic E-state index is 12.5. The number of hydrogen-bond acceptors (Lipinski definition) is 4. The fourth-order valence-corrected chi connectivity index (χ4v) is 4.28. The molecule has 1 aromatic rings. The van der Waals surface area contributed by atoms with Crippen LogP contribution in [0.4, 0.5) is 0 Å². The van der Waals surface area contributed by atoms with Crippen LogP contribution in [0.15, 0.2) is 35.2 Å². The van der Waals surface area contributed by atoms with E-state index < -0.39 is 10.0 Å². The van der Waals surface area contributed by atoms with Gasteiger partial charge in [0.2, 0.25) is 15.9 Å². The molecule has 1 amide bonds. The molecular weight excluding hydrogens is 338 g/mol. The van der Waals surface area contributed by atoms with Gasteiger partial charge in [-0.25, -0.2) is 8.42 Å². The Labute approximate surface area is 150 Å². The van der Waals surface area contributed by atoms with Crippen LogP contribution in [0.25, 0.3) is 0 Å². The molecule has 2 aliphatic rings. The fourth-order valence-electron chi connectivity index (χ4n) is 3.14. The van der Waals surface area contributed by atoms with Crippen molar-refractivity contribution in [3.8, 4) is 0 Å². The maximum Gasteiger partial charge on any atom is 0.243 e. The van der Waals surface area contributed by atoms with E-state index in [2.05, 4.69) is 5.32 Å². The zero-order chi connectivity index (χ0) is 17.9. The molecule has 1 aliphatic heterocycles. The second-order valence-electron chi connectivity index (χ2n) is 7.08. The number of carbonyl (C=O) groups is 1. The number of likely N-dealkylation sites (tertiary alicyclic amines) is 1. The van der Waals surface area contributed by atoms with Gasteiger partial charge in [0.05, 0.1) is 11.4 Å². The van der Waals surface area contributed by atoms with Crippen LogP contribution in [0.1, 0.15) is 25.7 Å². The van der Waals surface area contributed by atoms with Crippen LogP contribution in [0.5, 0.6) is 0 Å². The predicted molar refractivity (Wildman–Crippen MR) is 96.6 cm³/mol. The first-order chi connectivity index (χ1) is 12.0. The lowest BCUT2D eigenvalue weighted by molar-refractivity contribution is -0.132. The molecule has 0 radical (unpaired) electrons. The van der Waals surface area contributed by atoms with E-state index in [-0.39, 0.29) is 17.3 Å². The summed E-state index contributed by atoms with van der Waals surface area (Å²) in [7, 11) is -2.16. The third-order valence-corrected chi connectivity index (χ3v) is 6.87. The first-order valence-corrected chi connectivity index (χ1v) is 10.4. The summed E-state index contributed by atoms with van der Waals surface area (Å²) < 4.78 is 26.1. The fraction of sp³-hybridized carbons (Fsp3) is 0.611. The minimum Gasteiger partial charge on any atom is -0.341 e. The minimum atomic E-state index is -3.62. The lowest BCUT2D eigenvalue weighted by Crippen LogP contribution is -2.48. The van der Waals surface area contributed by atoms with Crippen molar-refractivity contribution in [3.05, 3.63) is 30.3 Å². The predicted octanol–water partition coefficient (Wildman–Crippen LogP) is 1.30. The Hall–Kier alpha value is -1.44. The molecule has 0 spiro atoms. The summed E-state index contributed by atoms with van der Waals surface area (Å²) in [5.41, 5.74) is 0. The number of hydrogen-bond donors (Lipinski definition) is 1. The van der Waals surface area contributed by atoms with Crippen molar-refractivity contribution in [2.24, 2.45) is 5.92 Å². The summed E-state index contributed by atoms with van der Waals surface area (Å²) in [5, 5.41) is 3.59. The highest BCUT2D eigenvalue weighted by Gasteiger charge is 2.28. The Bertz CT molecular complexity index is 681. The summed E-state index contributed by atoms with van der Waals surface area (Å²) in [5.74, 6) is 0.735. The second kappa shape index (κ2) is 7.85. The molecule has 3 rings (SSSR count).